The molecule has 0 aliphatic heterocycles. The van der Waals surface area contributed by atoms with Gasteiger partial charge in [-0.2, -0.15) is 0 Å². The Hall–Kier alpha value is -1.09. The van der Waals surface area contributed by atoms with Crippen molar-refractivity contribution in [2.24, 2.45) is 0 Å². The molecule has 0 saturated carbocycles. The van der Waals surface area contributed by atoms with Crippen molar-refractivity contribution in [2.45, 2.75) is 26.3 Å². The van der Waals surface area contributed by atoms with Gasteiger partial charge in [-0.15, -0.1) is 0 Å². The molecule has 112 valence electrons. The number of aryl methyl sites for hydroxylation is 1. The first kappa shape index (κ1) is 16.3. The summed E-state index contributed by atoms with van der Waals surface area (Å²) in [6.07, 6.45) is 0.745. The maximum absolute atomic E-state index is 13.2. The normalized spacial score (nSPS) is 12.4. The molecule has 0 aliphatic carbocycles. The Labute approximate surface area is 135 Å². The minimum absolute atomic E-state index is 0.146. The first-order valence-corrected chi connectivity index (χ1v) is 7.70. The predicted octanol–water partition coefficient (Wildman–Crippen LogP) is 5.33. The lowest BCUT2D eigenvalue weighted by Crippen LogP contribution is -2.23. The number of benzene rings is 2. The van der Waals surface area contributed by atoms with Crippen molar-refractivity contribution in [2.75, 3.05) is 6.54 Å². The van der Waals surface area contributed by atoms with E-state index in [1.54, 1.807) is 12.1 Å². The quantitative estimate of drug-likeness (QED) is 0.782. The van der Waals surface area contributed by atoms with Crippen molar-refractivity contribution >= 4 is 23.2 Å². The Balaban J connectivity index is 2.25. The number of halogens is 3. The minimum Gasteiger partial charge on any atom is -0.310 e. The van der Waals surface area contributed by atoms with Crippen LogP contribution in [0.5, 0.6) is 0 Å². The lowest BCUT2D eigenvalue weighted by molar-refractivity contribution is 0.548. The Bertz CT molecular complexity index is 628. The number of hydrogen-bond acceptors (Lipinski definition) is 1. The molecule has 4 heteroatoms. The van der Waals surface area contributed by atoms with Crippen LogP contribution in [0.15, 0.2) is 36.4 Å². The second kappa shape index (κ2) is 7.26. The van der Waals surface area contributed by atoms with E-state index in [2.05, 4.69) is 18.3 Å². The fourth-order valence-electron chi connectivity index (χ4n) is 2.34. The SMILES string of the molecule is CCNC(Cc1ccc(F)c(Cl)c1)c1ccc(Cl)c(C)c1. The van der Waals surface area contributed by atoms with Gasteiger partial charge in [-0.3, -0.25) is 0 Å². The molecule has 21 heavy (non-hydrogen) atoms. The standard InChI is InChI=1S/C17H18Cl2FN/c1-3-21-17(13-5-6-14(18)11(2)8-13)10-12-4-7-16(20)15(19)9-12/h4-9,17,21H,3,10H2,1-2H3. The molecule has 1 atom stereocenters. The van der Waals surface area contributed by atoms with Crippen LogP contribution >= 0.6 is 23.2 Å². The second-order valence-electron chi connectivity index (χ2n) is 5.07. The Kier molecular flexibility index (Phi) is 5.63. The van der Waals surface area contributed by atoms with Gasteiger partial charge in [0.05, 0.1) is 5.02 Å². The van der Waals surface area contributed by atoms with Crippen LogP contribution in [0.4, 0.5) is 4.39 Å². The summed E-state index contributed by atoms with van der Waals surface area (Å²) in [4.78, 5) is 0. The molecule has 1 unspecified atom stereocenters. The third kappa shape index (κ3) is 4.19. The monoisotopic (exact) mass is 325 g/mol. The zero-order chi connectivity index (χ0) is 15.4. The van der Waals surface area contributed by atoms with Crippen LogP contribution in [0.3, 0.4) is 0 Å². The van der Waals surface area contributed by atoms with Gasteiger partial charge in [-0.05, 0) is 54.8 Å². The molecule has 2 aromatic carbocycles. The van der Waals surface area contributed by atoms with Crippen LogP contribution in [0, 0.1) is 12.7 Å². The minimum atomic E-state index is -0.386. The summed E-state index contributed by atoms with van der Waals surface area (Å²) >= 11 is 11.9. The molecule has 0 spiro atoms. The third-order valence-electron chi connectivity index (χ3n) is 3.46. The highest BCUT2D eigenvalue weighted by molar-refractivity contribution is 6.31. The van der Waals surface area contributed by atoms with Crippen LogP contribution in [0.25, 0.3) is 0 Å². The third-order valence-corrected chi connectivity index (χ3v) is 4.17. The van der Waals surface area contributed by atoms with Crippen LogP contribution in [-0.2, 0) is 6.42 Å². The van der Waals surface area contributed by atoms with Gasteiger partial charge in [0.25, 0.3) is 0 Å². The van der Waals surface area contributed by atoms with Gasteiger partial charge in [-0.25, -0.2) is 4.39 Å². The number of nitrogens with one attached hydrogen (secondary N) is 1. The van der Waals surface area contributed by atoms with E-state index in [1.165, 1.54) is 11.6 Å². The van der Waals surface area contributed by atoms with Gasteiger partial charge in [0, 0.05) is 11.1 Å². The summed E-state index contributed by atoms with van der Waals surface area (Å²) in [5.41, 5.74) is 3.22. The molecule has 0 aromatic heterocycles. The topological polar surface area (TPSA) is 12.0 Å². The van der Waals surface area contributed by atoms with E-state index in [9.17, 15) is 4.39 Å². The molecule has 0 amide bonds. The fourth-order valence-corrected chi connectivity index (χ4v) is 2.66. The van der Waals surface area contributed by atoms with Crippen molar-refractivity contribution in [1.82, 2.24) is 5.32 Å². The van der Waals surface area contributed by atoms with Crippen molar-refractivity contribution < 1.29 is 4.39 Å². The van der Waals surface area contributed by atoms with E-state index in [0.717, 1.165) is 29.1 Å². The van der Waals surface area contributed by atoms with Crippen LogP contribution in [0.1, 0.15) is 29.7 Å². The zero-order valence-electron chi connectivity index (χ0n) is 12.1. The van der Waals surface area contributed by atoms with E-state index in [0.29, 0.717) is 0 Å². The van der Waals surface area contributed by atoms with Crippen molar-refractivity contribution in [1.29, 1.82) is 0 Å². The average Bonchev–Trinajstić information content (AvgIpc) is 2.45. The molecule has 0 heterocycles. The van der Waals surface area contributed by atoms with Gasteiger partial charge in [0.15, 0.2) is 0 Å². The highest BCUT2D eigenvalue weighted by Crippen LogP contribution is 2.25. The van der Waals surface area contributed by atoms with E-state index in [1.807, 2.05) is 19.1 Å². The van der Waals surface area contributed by atoms with Crippen molar-refractivity contribution in [3.8, 4) is 0 Å². The number of hydrogen-bond donors (Lipinski definition) is 1. The van der Waals surface area contributed by atoms with E-state index in [-0.39, 0.29) is 16.9 Å². The molecule has 0 fully saturated rings. The molecule has 0 saturated heterocycles. The Morgan fingerprint density at radius 1 is 1.10 bits per heavy atom. The van der Waals surface area contributed by atoms with Crippen molar-refractivity contribution in [3.63, 3.8) is 0 Å². The summed E-state index contributed by atoms with van der Waals surface area (Å²) in [5.74, 6) is -0.386. The molecule has 2 rings (SSSR count). The van der Waals surface area contributed by atoms with Crippen LogP contribution in [0.2, 0.25) is 10.0 Å². The largest absolute Gasteiger partial charge is 0.310 e. The number of likely N-dealkylation sites (N-methyl/N-ethyl adjacent to an activating group) is 1. The Morgan fingerprint density at radius 2 is 1.86 bits per heavy atom. The first-order valence-electron chi connectivity index (χ1n) is 6.94. The summed E-state index contributed by atoms with van der Waals surface area (Å²) in [6.45, 7) is 4.90. The average molecular weight is 326 g/mol. The lowest BCUT2D eigenvalue weighted by Gasteiger charge is -2.19. The molecule has 1 N–H and O–H groups in total. The molecular formula is C17H18Cl2FN. The van der Waals surface area contributed by atoms with E-state index >= 15 is 0 Å². The first-order chi connectivity index (χ1) is 10.0. The van der Waals surface area contributed by atoms with Gasteiger partial charge >= 0.3 is 0 Å². The number of rotatable bonds is 5. The van der Waals surface area contributed by atoms with Gasteiger partial charge < -0.3 is 5.32 Å². The van der Waals surface area contributed by atoms with Gasteiger partial charge in [-0.1, -0.05) is 48.3 Å². The van der Waals surface area contributed by atoms with E-state index < -0.39 is 0 Å². The van der Waals surface area contributed by atoms with Crippen LogP contribution in [-0.4, -0.2) is 6.54 Å². The molecule has 0 radical (unpaired) electrons. The Morgan fingerprint density at radius 3 is 2.48 bits per heavy atom. The second-order valence-corrected chi connectivity index (χ2v) is 5.89. The predicted molar refractivity (Wildman–Crippen MR) is 87.7 cm³/mol. The van der Waals surface area contributed by atoms with Crippen LogP contribution < -0.4 is 5.32 Å². The summed E-state index contributed by atoms with van der Waals surface area (Å²) in [5, 5.41) is 4.37. The maximum atomic E-state index is 13.2. The zero-order valence-corrected chi connectivity index (χ0v) is 13.6. The molecule has 1 nitrogen and oxygen atoms in total. The smallest absolute Gasteiger partial charge is 0.141 e. The van der Waals surface area contributed by atoms with Crippen molar-refractivity contribution in [3.05, 3.63) is 69.0 Å². The maximum Gasteiger partial charge on any atom is 0.141 e. The summed E-state index contributed by atoms with van der Waals surface area (Å²) in [7, 11) is 0. The van der Waals surface area contributed by atoms with Gasteiger partial charge in [0.1, 0.15) is 5.82 Å². The lowest BCUT2D eigenvalue weighted by atomic mass is 9.97. The highest BCUT2D eigenvalue weighted by atomic mass is 35.5. The van der Waals surface area contributed by atoms with E-state index in [4.69, 9.17) is 23.2 Å². The van der Waals surface area contributed by atoms with Gasteiger partial charge in [0.2, 0.25) is 0 Å². The summed E-state index contributed by atoms with van der Waals surface area (Å²) < 4.78 is 13.2. The molecule has 2 aromatic rings. The molecule has 0 aliphatic rings. The highest BCUT2D eigenvalue weighted by Gasteiger charge is 2.13. The summed E-state index contributed by atoms with van der Waals surface area (Å²) in [6, 6.07) is 11.0. The molecule has 0 bridgehead atoms. The molecular weight excluding hydrogens is 308 g/mol. The fraction of sp³-hybridized carbons (Fsp3) is 0.294.